The molecule has 1 amide bonds. The Morgan fingerprint density at radius 2 is 2.21 bits per heavy atom. The van der Waals surface area contributed by atoms with Gasteiger partial charge in [0.05, 0.1) is 12.1 Å². The van der Waals surface area contributed by atoms with E-state index in [1.165, 1.54) is 12.8 Å². The van der Waals surface area contributed by atoms with Gasteiger partial charge in [-0.3, -0.25) is 4.79 Å². The summed E-state index contributed by atoms with van der Waals surface area (Å²) in [5, 5.41) is 3.50. The maximum atomic E-state index is 12.5. The summed E-state index contributed by atoms with van der Waals surface area (Å²) in [4.78, 5) is 14.5. The van der Waals surface area contributed by atoms with E-state index in [1.807, 2.05) is 29.2 Å². The molecule has 1 aromatic rings. The lowest BCUT2D eigenvalue weighted by molar-refractivity contribution is 0.0731. The maximum absolute atomic E-state index is 12.5. The minimum absolute atomic E-state index is 0.0977. The van der Waals surface area contributed by atoms with Crippen LogP contribution in [-0.4, -0.2) is 43.1 Å². The van der Waals surface area contributed by atoms with Crippen molar-refractivity contribution in [1.82, 2.24) is 10.2 Å². The highest BCUT2D eigenvalue weighted by molar-refractivity contribution is 5.97. The zero-order chi connectivity index (χ0) is 13.1. The summed E-state index contributed by atoms with van der Waals surface area (Å²) in [6.45, 7) is 3.11. The first-order valence-corrected chi connectivity index (χ1v) is 7.09. The number of carbonyl (C=O) groups excluding carboxylic acids is 1. The number of benzene rings is 1. The third-order valence-corrected chi connectivity index (χ3v) is 3.88. The predicted molar refractivity (Wildman–Crippen MR) is 73.5 cm³/mol. The molecule has 0 bridgehead atoms. The van der Waals surface area contributed by atoms with Crippen LogP contribution in [0.15, 0.2) is 24.3 Å². The molecule has 0 aliphatic carbocycles. The Hall–Kier alpha value is -1.55. The van der Waals surface area contributed by atoms with E-state index < -0.39 is 0 Å². The summed E-state index contributed by atoms with van der Waals surface area (Å²) in [6, 6.07) is 7.95. The first-order chi connectivity index (χ1) is 9.34. The van der Waals surface area contributed by atoms with Crippen LogP contribution in [0.2, 0.25) is 0 Å². The van der Waals surface area contributed by atoms with Gasteiger partial charge in [-0.2, -0.15) is 0 Å². The van der Waals surface area contributed by atoms with Crippen molar-refractivity contribution in [2.24, 2.45) is 0 Å². The van der Waals surface area contributed by atoms with E-state index in [4.69, 9.17) is 4.74 Å². The number of para-hydroxylation sites is 1. The van der Waals surface area contributed by atoms with Crippen LogP contribution in [0, 0.1) is 0 Å². The fourth-order valence-corrected chi connectivity index (χ4v) is 2.83. The second-order valence-corrected chi connectivity index (χ2v) is 5.24. The molecule has 0 saturated carbocycles. The number of fused-ring (bicyclic) bond motifs is 1. The topological polar surface area (TPSA) is 41.6 Å². The second-order valence-electron chi connectivity index (χ2n) is 5.24. The summed E-state index contributed by atoms with van der Waals surface area (Å²) in [6.07, 6.45) is 3.66. The van der Waals surface area contributed by atoms with Crippen LogP contribution in [-0.2, 0) is 0 Å². The normalized spacial score (nSPS) is 23.5. The van der Waals surface area contributed by atoms with Crippen molar-refractivity contribution >= 4 is 5.91 Å². The van der Waals surface area contributed by atoms with E-state index in [1.54, 1.807) is 0 Å². The average Bonchev–Trinajstić information content (AvgIpc) is 2.61. The molecule has 4 heteroatoms. The van der Waals surface area contributed by atoms with E-state index in [9.17, 15) is 4.79 Å². The Labute approximate surface area is 113 Å². The number of rotatable bonds is 2. The first kappa shape index (κ1) is 12.5. The molecule has 0 spiro atoms. The molecule has 102 valence electrons. The van der Waals surface area contributed by atoms with E-state index in [0.29, 0.717) is 30.5 Å². The zero-order valence-corrected chi connectivity index (χ0v) is 11.1. The van der Waals surface area contributed by atoms with Crippen molar-refractivity contribution in [3.05, 3.63) is 29.8 Å². The molecule has 1 saturated heterocycles. The molecule has 1 atom stereocenters. The number of nitrogens with zero attached hydrogens (tertiary/aromatic N) is 1. The van der Waals surface area contributed by atoms with Crippen LogP contribution < -0.4 is 10.1 Å². The van der Waals surface area contributed by atoms with Gasteiger partial charge in [0.25, 0.3) is 5.91 Å². The van der Waals surface area contributed by atoms with Crippen molar-refractivity contribution in [2.45, 2.75) is 25.3 Å². The lowest BCUT2D eigenvalue weighted by Gasteiger charge is -2.29. The van der Waals surface area contributed by atoms with Gasteiger partial charge in [-0.1, -0.05) is 18.6 Å². The number of carbonyl (C=O) groups is 1. The summed E-state index contributed by atoms with van der Waals surface area (Å²) in [7, 11) is 0. The SMILES string of the molecule is O=C1c2ccccc2OCCN1CC1CCCCN1. The molecule has 0 radical (unpaired) electrons. The second kappa shape index (κ2) is 5.61. The number of nitrogens with one attached hydrogen (secondary N) is 1. The maximum Gasteiger partial charge on any atom is 0.257 e. The Morgan fingerprint density at radius 1 is 1.32 bits per heavy atom. The largest absolute Gasteiger partial charge is 0.491 e. The molecular formula is C15H20N2O2. The van der Waals surface area contributed by atoms with Gasteiger partial charge in [-0.25, -0.2) is 0 Å². The fraction of sp³-hybridized carbons (Fsp3) is 0.533. The van der Waals surface area contributed by atoms with Gasteiger partial charge >= 0.3 is 0 Å². The van der Waals surface area contributed by atoms with E-state index in [0.717, 1.165) is 19.5 Å². The van der Waals surface area contributed by atoms with E-state index >= 15 is 0 Å². The van der Waals surface area contributed by atoms with Crippen molar-refractivity contribution in [2.75, 3.05) is 26.2 Å². The number of piperidine rings is 1. The standard InChI is InChI=1S/C15H20N2O2/c18-15-13-6-1-2-7-14(13)19-10-9-17(15)11-12-5-3-4-8-16-12/h1-2,6-7,12,16H,3-5,8-11H2. The number of hydrogen-bond donors (Lipinski definition) is 1. The summed E-state index contributed by atoms with van der Waals surface area (Å²) >= 11 is 0. The van der Waals surface area contributed by atoms with Crippen LogP contribution in [0.25, 0.3) is 0 Å². The minimum atomic E-state index is 0.0977. The van der Waals surface area contributed by atoms with Crippen molar-refractivity contribution in [1.29, 1.82) is 0 Å². The highest BCUT2D eigenvalue weighted by Crippen LogP contribution is 2.23. The molecule has 1 unspecified atom stereocenters. The zero-order valence-electron chi connectivity index (χ0n) is 11.1. The molecule has 1 aromatic carbocycles. The van der Waals surface area contributed by atoms with E-state index in [-0.39, 0.29) is 5.91 Å². The number of hydrogen-bond acceptors (Lipinski definition) is 3. The molecule has 2 aliphatic heterocycles. The third-order valence-electron chi connectivity index (χ3n) is 3.88. The highest BCUT2D eigenvalue weighted by Gasteiger charge is 2.25. The van der Waals surface area contributed by atoms with Crippen molar-refractivity contribution < 1.29 is 9.53 Å². The van der Waals surface area contributed by atoms with Crippen LogP contribution >= 0.6 is 0 Å². The van der Waals surface area contributed by atoms with Gasteiger partial charge in [0.1, 0.15) is 12.4 Å². The first-order valence-electron chi connectivity index (χ1n) is 7.09. The van der Waals surface area contributed by atoms with Gasteiger partial charge in [0.15, 0.2) is 0 Å². The van der Waals surface area contributed by atoms with Crippen LogP contribution in [0.3, 0.4) is 0 Å². The quantitative estimate of drug-likeness (QED) is 0.879. The Balaban J connectivity index is 1.74. The third kappa shape index (κ3) is 2.73. The van der Waals surface area contributed by atoms with Gasteiger partial charge in [-0.15, -0.1) is 0 Å². The summed E-state index contributed by atoms with van der Waals surface area (Å²) in [5.41, 5.74) is 0.691. The molecule has 4 nitrogen and oxygen atoms in total. The monoisotopic (exact) mass is 260 g/mol. The minimum Gasteiger partial charge on any atom is -0.491 e. The lowest BCUT2D eigenvalue weighted by Crippen LogP contribution is -2.46. The van der Waals surface area contributed by atoms with Crippen molar-refractivity contribution in [3.63, 3.8) is 0 Å². The van der Waals surface area contributed by atoms with Gasteiger partial charge < -0.3 is 15.0 Å². The predicted octanol–water partition coefficient (Wildman–Crippen LogP) is 1.66. The van der Waals surface area contributed by atoms with Crippen LogP contribution in [0.1, 0.15) is 29.6 Å². The molecule has 1 N–H and O–H groups in total. The molecule has 0 aromatic heterocycles. The average molecular weight is 260 g/mol. The summed E-state index contributed by atoms with van der Waals surface area (Å²) < 4.78 is 5.66. The molecule has 3 rings (SSSR count). The molecular weight excluding hydrogens is 240 g/mol. The van der Waals surface area contributed by atoms with Gasteiger partial charge in [0, 0.05) is 12.6 Å². The van der Waals surface area contributed by atoms with Gasteiger partial charge in [-0.05, 0) is 31.5 Å². The Morgan fingerprint density at radius 3 is 3.05 bits per heavy atom. The highest BCUT2D eigenvalue weighted by atomic mass is 16.5. The van der Waals surface area contributed by atoms with E-state index in [2.05, 4.69) is 5.32 Å². The molecule has 1 fully saturated rings. The van der Waals surface area contributed by atoms with Crippen LogP contribution in [0.5, 0.6) is 5.75 Å². The number of amides is 1. The summed E-state index contributed by atoms with van der Waals surface area (Å²) in [5.74, 6) is 0.812. The van der Waals surface area contributed by atoms with Crippen molar-refractivity contribution in [3.8, 4) is 5.75 Å². The Bertz CT molecular complexity index is 455. The molecule has 19 heavy (non-hydrogen) atoms. The van der Waals surface area contributed by atoms with Crippen LogP contribution in [0.4, 0.5) is 0 Å². The smallest absolute Gasteiger partial charge is 0.257 e. The Kier molecular flexibility index (Phi) is 3.69. The fourth-order valence-electron chi connectivity index (χ4n) is 2.83. The number of ether oxygens (including phenoxy) is 1. The lowest BCUT2D eigenvalue weighted by atomic mass is 10.0. The van der Waals surface area contributed by atoms with Gasteiger partial charge in [0.2, 0.25) is 0 Å². The molecule has 2 aliphatic rings. The molecule has 2 heterocycles.